The molecule has 0 saturated carbocycles. The molecule has 27 nitrogen and oxygen atoms in total. The molecule has 18 N–H and O–H groups in total. The maximum atomic E-state index is 14.6. The number of nitrogens with one attached hydrogen (secondary N) is 10. The minimum Gasteiger partial charge on any atom is -0.508 e. The fourth-order valence-electron chi connectivity index (χ4n) is 9.15. The molecule has 1 aromatic heterocycles. The van der Waals surface area contributed by atoms with E-state index in [9.17, 15) is 68.4 Å². The number of unbranched alkanes of at least 4 members (excludes halogenated alkanes) is 1. The molecule has 1 heterocycles. The Bertz CT molecular complexity index is 3100. The number of amides is 9. The van der Waals surface area contributed by atoms with Crippen molar-refractivity contribution in [2.45, 2.75) is 127 Å². The Balaban J connectivity index is 1.36. The molecule has 0 aliphatic rings. The Hall–Kier alpha value is -9.73. The van der Waals surface area contributed by atoms with Crippen LogP contribution in [0.3, 0.4) is 0 Å². The topological polar surface area (TPSA) is 441 Å². The highest BCUT2D eigenvalue weighted by atomic mass is 16.4. The average molecular weight is 1220 g/mol. The molecule has 0 bridgehead atoms. The number of aliphatic hydroxyl groups is 1. The van der Waals surface area contributed by atoms with Crippen LogP contribution in [0.5, 0.6) is 11.5 Å². The van der Waals surface area contributed by atoms with E-state index in [0.717, 1.165) is 0 Å². The summed E-state index contributed by atoms with van der Waals surface area (Å²) in [6.07, 6.45) is 1.30. The monoisotopic (exact) mass is 1220 g/mol. The van der Waals surface area contributed by atoms with Gasteiger partial charge in [0, 0.05) is 44.0 Å². The first-order valence-electron chi connectivity index (χ1n) is 28.6. The molecule has 9 amide bonds. The van der Waals surface area contributed by atoms with Crippen LogP contribution in [0.4, 0.5) is 0 Å². The highest BCUT2D eigenvalue weighted by Gasteiger charge is 2.37. The van der Waals surface area contributed by atoms with E-state index in [4.69, 9.17) is 11.5 Å². The fraction of sp³-hybridized carbons (Fsp3) is 0.393. The van der Waals surface area contributed by atoms with Crippen LogP contribution in [0.2, 0.25) is 0 Å². The van der Waals surface area contributed by atoms with Gasteiger partial charge in [-0.2, -0.15) is 0 Å². The maximum absolute atomic E-state index is 14.6. The van der Waals surface area contributed by atoms with Crippen LogP contribution in [-0.4, -0.2) is 164 Å². The predicted molar refractivity (Wildman–Crippen MR) is 321 cm³/mol. The number of nitrogens with two attached hydrogens (primary N) is 2. The number of imidazole rings is 1. The molecule has 4 aromatic carbocycles. The molecule has 27 heteroatoms. The van der Waals surface area contributed by atoms with Gasteiger partial charge in [-0.3, -0.25) is 43.2 Å². The summed E-state index contributed by atoms with van der Waals surface area (Å²) in [5, 5.41) is 64.2. The number of aromatic nitrogens is 2. The lowest BCUT2D eigenvalue weighted by atomic mass is 10.00. The molecular formula is C61H79N13O14. The van der Waals surface area contributed by atoms with Crippen LogP contribution in [0.15, 0.2) is 122 Å². The Morgan fingerprint density at radius 2 is 0.898 bits per heavy atom. The number of phenols is 2. The van der Waals surface area contributed by atoms with Crippen molar-refractivity contribution >= 4 is 59.1 Å². The van der Waals surface area contributed by atoms with Crippen molar-refractivity contribution in [2.75, 3.05) is 19.6 Å². The number of carbonyl (C=O) groups excluding carboxylic acids is 9. The lowest BCUT2D eigenvalue weighted by Gasteiger charge is -2.29. The number of carboxylic acid groups (broad SMARTS) is 1. The van der Waals surface area contributed by atoms with E-state index >= 15 is 0 Å². The molecule has 9 atom stereocenters. The third kappa shape index (κ3) is 22.9. The highest BCUT2D eigenvalue weighted by molar-refractivity contribution is 5.98. The van der Waals surface area contributed by atoms with Gasteiger partial charge in [-0.1, -0.05) is 98.8 Å². The SMILES string of the molecule is CC(C)[C@H](NC(=O)[C@H](Cc1cnc[nH]1)NC(=O)[C@@H](NC(=O)[C@H](Cc1ccc(O)cc1)NC(=O)[C@H](Cc1ccccc1)NC(=O)CNC(=O)[C@H](Cc1ccc(O)cc1)NC(=O)[C@H](CCCCN)NC(=O)CN)[C@@H](C)O)C(=O)N[C@@H](Cc1ccccc1)C(=O)O. The maximum Gasteiger partial charge on any atom is 0.326 e. The number of phenolic OH excluding ortho intramolecular Hbond substituents is 2. The summed E-state index contributed by atoms with van der Waals surface area (Å²) < 4.78 is 0. The van der Waals surface area contributed by atoms with Gasteiger partial charge in [0.25, 0.3) is 0 Å². The first-order chi connectivity index (χ1) is 42.0. The second-order valence-corrected chi connectivity index (χ2v) is 21.4. The fourth-order valence-corrected chi connectivity index (χ4v) is 9.15. The number of hydrogen-bond acceptors (Lipinski definition) is 16. The van der Waals surface area contributed by atoms with Crippen LogP contribution in [0, 0.1) is 5.92 Å². The van der Waals surface area contributed by atoms with E-state index < -0.39 is 133 Å². The minimum atomic E-state index is -1.82. The van der Waals surface area contributed by atoms with Crippen molar-refractivity contribution < 1.29 is 68.4 Å². The molecule has 0 aliphatic carbocycles. The number of benzene rings is 4. The molecule has 5 rings (SSSR count). The Morgan fingerprint density at radius 3 is 1.38 bits per heavy atom. The normalized spacial score (nSPS) is 14.1. The van der Waals surface area contributed by atoms with Crippen LogP contribution >= 0.6 is 0 Å². The number of aliphatic hydroxyl groups excluding tert-OH is 1. The van der Waals surface area contributed by atoms with E-state index in [1.165, 1.54) is 68.0 Å². The van der Waals surface area contributed by atoms with Gasteiger partial charge in [-0.25, -0.2) is 9.78 Å². The molecule has 5 aromatic rings. The van der Waals surface area contributed by atoms with Crippen molar-refractivity contribution in [3.63, 3.8) is 0 Å². The number of aromatic amines is 1. The van der Waals surface area contributed by atoms with Crippen LogP contribution in [0.25, 0.3) is 0 Å². The zero-order valence-electron chi connectivity index (χ0n) is 49.1. The van der Waals surface area contributed by atoms with Crippen LogP contribution in [0.1, 0.15) is 68.0 Å². The van der Waals surface area contributed by atoms with Crippen molar-refractivity contribution in [1.29, 1.82) is 0 Å². The van der Waals surface area contributed by atoms with Crippen LogP contribution in [-0.2, 0) is 80.0 Å². The average Bonchev–Trinajstić information content (AvgIpc) is 4.18. The molecule has 0 spiro atoms. The predicted octanol–water partition coefficient (Wildman–Crippen LogP) is -1.46. The first kappa shape index (κ1) is 69.0. The van der Waals surface area contributed by atoms with Crippen molar-refractivity contribution in [3.05, 3.63) is 150 Å². The lowest BCUT2D eigenvalue weighted by molar-refractivity contribution is -0.142. The Morgan fingerprint density at radius 1 is 0.477 bits per heavy atom. The summed E-state index contributed by atoms with van der Waals surface area (Å²) in [4.78, 5) is 144. The van der Waals surface area contributed by atoms with Gasteiger partial charge in [-0.05, 0) is 85.2 Å². The van der Waals surface area contributed by atoms with E-state index in [1.54, 1.807) is 74.5 Å². The number of H-pyrrole nitrogens is 1. The summed E-state index contributed by atoms with van der Waals surface area (Å²) >= 11 is 0. The first-order valence-corrected chi connectivity index (χ1v) is 28.6. The lowest BCUT2D eigenvalue weighted by Crippen LogP contribution is -2.62. The number of aliphatic carboxylic acids is 1. The third-order valence-corrected chi connectivity index (χ3v) is 14.0. The van der Waals surface area contributed by atoms with Crippen molar-refractivity contribution in [3.8, 4) is 11.5 Å². The summed E-state index contributed by atoms with van der Waals surface area (Å²) in [6, 6.07) is 17.0. The van der Waals surface area contributed by atoms with Gasteiger partial charge in [0.1, 0.15) is 59.8 Å². The molecule has 0 fully saturated rings. The second kappa shape index (κ2) is 35.0. The minimum absolute atomic E-state index is 0.0600. The largest absolute Gasteiger partial charge is 0.508 e. The van der Waals surface area contributed by atoms with Crippen LogP contribution < -0.4 is 59.3 Å². The molecule has 0 unspecified atom stereocenters. The molecule has 88 heavy (non-hydrogen) atoms. The quantitative estimate of drug-likeness (QED) is 0.0206. The summed E-state index contributed by atoms with van der Waals surface area (Å²) in [5.74, 6) is -9.94. The van der Waals surface area contributed by atoms with E-state index in [2.05, 4.69) is 57.8 Å². The standard InChI is InChI=1S/C61H79N13O14/c1-35(2)52(59(85)72-49(61(87)88)29-38-14-8-5-9-15-38)73-58(84)48(30-41-32-64-34-66-41)71-60(86)53(36(3)75)74-57(83)47(28-40-19-23-43(77)24-20-40)70-56(82)46(26-37-12-6-4-7-13-37)68-51(79)33-65-54(80)45(27-39-17-21-42(76)22-18-39)69-55(81)44(16-10-11-25-62)67-50(78)31-63/h4-9,12-15,17-24,32,34-36,44-49,52-53,75-77H,10-11,16,25-31,33,62-63H2,1-3H3,(H,64,66)(H,65,80)(H,67,78)(H,68,79)(H,69,81)(H,70,82)(H,71,86)(H,72,85)(H,73,84)(H,74,83)(H,87,88)/t36-,44+,45+,46+,47+,48+,49+,52+,53+/m1/s1. The smallest absolute Gasteiger partial charge is 0.326 e. The second-order valence-electron chi connectivity index (χ2n) is 21.4. The van der Waals surface area contributed by atoms with E-state index in [0.29, 0.717) is 47.3 Å². The van der Waals surface area contributed by atoms with Gasteiger partial charge in [-0.15, -0.1) is 0 Å². The molecule has 0 saturated heterocycles. The van der Waals surface area contributed by atoms with Gasteiger partial charge >= 0.3 is 5.97 Å². The highest BCUT2D eigenvalue weighted by Crippen LogP contribution is 2.16. The number of carbonyl (C=O) groups is 10. The Kier molecular flexibility index (Phi) is 27.5. The number of hydrogen-bond donors (Lipinski definition) is 16. The van der Waals surface area contributed by atoms with E-state index in [1.807, 2.05) is 0 Å². The van der Waals surface area contributed by atoms with Crippen molar-refractivity contribution in [2.24, 2.45) is 17.4 Å². The molecule has 0 radical (unpaired) electrons. The van der Waals surface area contributed by atoms with E-state index in [-0.39, 0.29) is 50.0 Å². The molecule has 0 aliphatic heterocycles. The zero-order chi connectivity index (χ0) is 64.3. The summed E-state index contributed by atoms with van der Waals surface area (Å²) in [6.45, 7) is 3.60. The van der Waals surface area contributed by atoms with Gasteiger partial charge in [0.2, 0.25) is 53.2 Å². The number of aromatic hydroxyl groups is 2. The van der Waals surface area contributed by atoms with Gasteiger partial charge < -0.3 is 84.7 Å². The Labute approximate surface area is 508 Å². The number of carboxylic acids is 1. The van der Waals surface area contributed by atoms with Gasteiger partial charge in [0.05, 0.1) is 25.5 Å². The van der Waals surface area contributed by atoms with Gasteiger partial charge in [0.15, 0.2) is 0 Å². The third-order valence-electron chi connectivity index (χ3n) is 14.0. The summed E-state index contributed by atoms with van der Waals surface area (Å²) in [5.41, 5.74) is 13.6. The molecule has 472 valence electrons. The molecular weight excluding hydrogens is 1140 g/mol. The summed E-state index contributed by atoms with van der Waals surface area (Å²) in [7, 11) is 0. The number of nitrogens with zero attached hydrogens (tertiary/aromatic N) is 1. The zero-order valence-corrected chi connectivity index (χ0v) is 49.1. The van der Waals surface area contributed by atoms with Crippen molar-refractivity contribution in [1.82, 2.24) is 57.8 Å². The number of rotatable bonds is 35.